The van der Waals surface area contributed by atoms with Crippen molar-refractivity contribution in [1.29, 1.82) is 0 Å². The van der Waals surface area contributed by atoms with Crippen LogP contribution in [-0.4, -0.2) is 23.5 Å². The van der Waals surface area contributed by atoms with E-state index in [-0.39, 0.29) is 17.5 Å². The van der Waals surface area contributed by atoms with Crippen LogP contribution in [0.25, 0.3) is 0 Å². The van der Waals surface area contributed by atoms with Gasteiger partial charge in [-0.25, -0.2) is 0 Å². The van der Waals surface area contributed by atoms with E-state index < -0.39 is 6.04 Å². The zero-order valence-electron chi connectivity index (χ0n) is 8.22. The van der Waals surface area contributed by atoms with Gasteiger partial charge in [0.15, 0.2) is 11.6 Å². The quantitative estimate of drug-likeness (QED) is 0.632. The molecule has 0 aliphatic rings. The van der Waals surface area contributed by atoms with Crippen LogP contribution < -0.4 is 5.32 Å². The van der Waals surface area contributed by atoms with Gasteiger partial charge in [-0.15, -0.1) is 0 Å². The SMILES string of the molecule is CCCC(=O)NC(C(C)=O)C(C)=O. The summed E-state index contributed by atoms with van der Waals surface area (Å²) in [7, 11) is 0. The van der Waals surface area contributed by atoms with Crippen molar-refractivity contribution >= 4 is 17.5 Å². The first-order valence-corrected chi connectivity index (χ1v) is 4.29. The number of ketones is 2. The lowest BCUT2D eigenvalue weighted by Gasteiger charge is -2.11. The zero-order chi connectivity index (χ0) is 10.4. The molecule has 0 heterocycles. The van der Waals surface area contributed by atoms with Crippen LogP contribution in [0.3, 0.4) is 0 Å². The van der Waals surface area contributed by atoms with Gasteiger partial charge in [0.25, 0.3) is 0 Å². The van der Waals surface area contributed by atoms with E-state index in [1.54, 1.807) is 0 Å². The Bertz CT molecular complexity index is 209. The molecule has 74 valence electrons. The highest BCUT2D eigenvalue weighted by molar-refractivity contribution is 6.06. The number of carbonyl (C=O) groups is 3. The topological polar surface area (TPSA) is 63.2 Å². The molecule has 0 aromatic heterocycles. The summed E-state index contributed by atoms with van der Waals surface area (Å²) in [5.41, 5.74) is 0. The fraction of sp³-hybridized carbons (Fsp3) is 0.667. The Kier molecular flexibility index (Phi) is 4.96. The van der Waals surface area contributed by atoms with Crippen LogP contribution in [0.2, 0.25) is 0 Å². The van der Waals surface area contributed by atoms with E-state index in [0.717, 1.165) is 0 Å². The number of rotatable bonds is 5. The van der Waals surface area contributed by atoms with E-state index in [4.69, 9.17) is 0 Å². The zero-order valence-corrected chi connectivity index (χ0v) is 8.22. The normalized spacial score (nSPS) is 9.85. The highest BCUT2D eigenvalue weighted by atomic mass is 16.2. The summed E-state index contributed by atoms with van der Waals surface area (Å²) in [6.07, 6.45) is 1.05. The number of carbonyl (C=O) groups excluding carboxylic acids is 3. The first-order chi connectivity index (χ1) is 5.99. The molecule has 0 atom stereocenters. The number of nitrogens with one attached hydrogen (secondary N) is 1. The van der Waals surface area contributed by atoms with Gasteiger partial charge in [-0.1, -0.05) is 6.92 Å². The van der Waals surface area contributed by atoms with E-state index in [9.17, 15) is 14.4 Å². The standard InChI is InChI=1S/C9H15NO3/c1-4-5-8(13)10-9(6(2)11)7(3)12/h9H,4-5H2,1-3H3,(H,10,13). The molecule has 0 aliphatic heterocycles. The van der Waals surface area contributed by atoms with Crippen molar-refractivity contribution < 1.29 is 14.4 Å². The van der Waals surface area contributed by atoms with E-state index in [2.05, 4.69) is 5.32 Å². The molecule has 0 aromatic carbocycles. The molecule has 1 amide bonds. The van der Waals surface area contributed by atoms with Crippen LogP contribution in [-0.2, 0) is 14.4 Å². The average molecular weight is 185 g/mol. The molecule has 0 unspecified atom stereocenters. The van der Waals surface area contributed by atoms with Gasteiger partial charge in [-0.2, -0.15) is 0 Å². The molecule has 4 heteroatoms. The Morgan fingerprint density at radius 1 is 1.15 bits per heavy atom. The second kappa shape index (κ2) is 5.45. The van der Waals surface area contributed by atoms with Gasteiger partial charge >= 0.3 is 0 Å². The lowest BCUT2D eigenvalue weighted by atomic mass is 10.1. The Balaban J connectivity index is 4.19. The van der Waals surface area contributed by atoms with Crippen molar-refractivity contribution in [3.8, 4) is 0 Å². The van der Waals surface area contributed by atoms with Gasteiger partial charge in [-0.3, -0.25) is 14.4 Å². The third-order valence-electron chi connectivity index (χ3n) is 1.60. The summed E-state index contributed by atoms with van der Waals surface area (Å²) in [4.78, 5) is 32.8. The minimum Gasteiger partial charge on any atom is -0.340 e. The van der Waals surface area contributed by atoms with Crippen molar-refractivity contribution in [2.75, 3.05) is 0 Å². The largest absolute Gasteiger partial charge is 0.340 e. The van der Waals surface area contributed by atoms with Crippen LogP contribution >= 0.6 is 0 Å². The maximum Gasteiger partial charge on any atom is 0.220 e. The smallest absolute Gasteiger partial charge is 0.220 e. The molecule has 13 heavy (non-hydrogen) atoms. The van der Waals surface area contributed by atoms with Gasteiger partial charge in [-0.05, 0) is 20.3 Å². The van der Waals surface area contributed by atoms with Gasteiger partial charge in [0.1, 0.15) is 6.04 Å². The molecule has 0 aliphatic carbocycles. The second-order valence-electron chi connectivity index (χ2n) is 2.97. The number of hydrogen-bond donors (Lipinski definition) is 1. The van der Waals surface area contributed by atoms with E-state index >= 15 is 0 Å². The molecule has 0 saturated carbocycles. The van der Waals surface area contributed by atoms with E-state index in [0.29, 0.717) is 12.8 Å². The monoisotopic (exact) mass is 185 g/mol. The van der Waals surface area contributed by atoms with Gasteiger partial charge in [0.2, 0.25) is 5.91 Å². The Hall–Kier alpha value is -1.19. The Labute approximate surface area is 77.7 Å². The molecule has 0 rings (SSSR count). The summed E-state index contributed by atoms with van der Waals surface area (Å²) in [6, 6.07) is -0.959. The fourth-order valence-electron chi connectivity index (χ4n) is 0.950. The second-order valence-corrected chi connectivity index (χ2v) is 2.97. The summed E-state index contributed by atoms with van der Waals surface area (Å²) >= 11 is 0. The third-order valence-corrected chi connectivity index (χ3v) is 1.60. The number of hydrogen-bond acceptors (Lipinski definition) is 3. The van der Waals surface area contributed by atoms with Crippen LogP contribution in [0.1, 0.15) is 33.6 Å². The van der Waals surface area contributed by atoms with Crippen molar-refractivity contribution in [2.24, 2.45) is 0 Å². The van der Waals surface area contributed by atoms with Crippen molar-refractivity contribution in [2.45, 2.75) is 39.7 Å². The molecule has 0 aromatic rings. The molecule has 0 saturated heterocycles. The number of Topliss-reactive ketones (excluding diaryl/α,β-unsaturated/α-hetero) is 2. The molecule has 0 radical (unpaired) electrons. The van der Waals surface area contributed by atoms with Gasteiger partial charge in [0, 0.05) is 6.42 Å². The third kappa shape index (κ3) is 4.40. The van der Waals surface area contributed by atoms with Gasteiger partial charge < -0.3 is 5.32 Å². The van der Waals surface area contributed by atoms with Crippen molar-refractivity contribution in [3.05, 3.63) is 0 Å². The highest BCUT2D eigenvalue weighted by Gasteiger charge is 2.20. The Morgan fingerprint density at radius 3 is 1.92 bits per heavy atom. The average Bonchev–Trinajstić information content (AvgIpc) is 1.99. The summed E-state index contributed by atoms with van der Waals surface area (Å²) in [5, 5.41) is 2.38. The van der Waals surface area contributed by atoms with Crippen LogP contribution in [0.5, 0.6) is 0 Å². The Morgan fingerprint density at radius 2 is 1.62 bits per heavy atom. The molecule has 0 bridgehead atoms. The number of amides is 1. The molecular formula is C9H15NO3. The molecule has 4 nitrogen and oxygen atoms in total. The maximum absolute atomic E-state index is 11.0. The van der Waals surface area contributed by atoms with Crippen LogP contribution in [0, 0.1) is 0 Å². The molecule has 0 fully saturated rings. The molecular weight excluding hydrogens is 170 g/mol. The minimum atomic E-state index is -0.959. The van der Waals surface area contributed by atoms with Crippen molar-refractivity contribution in [3.63, 3.8) is 0 Å². The first-order valence-electron chi connectivity index (χ1n) is 4.29. The minimum absolute atomic E-state index is 0.252. The lowest BCUT2D eigenvalue weighted by molar-refractivity contribution is -0.133. The van der Waals surface area contributed by atoms with E-state index in [1.807, 2.05) is 6.92 Å². The van der Waals surface area contributed by atoms with E-state index in [1.165, 1.54) is 13.8 Å². The fourth-order valence-corrected chi connectivity index (χ4v) is 0.950. The first kappa shape index (κ1) is 11.8. The predicted octanol–water partition coefficient (Wildman–Crippen LogP) is 0.449. The summed E-state index contributed by atoms with van der Waals surface area (Å²) in [5.74, 6) is -0.896. The van der Waals surface area contributed by atoms with Crippen LogP contribution in [0.15, 0.2) is 0 Å². The summed E-state index contributed by atoms with van der Waals surface area (Å²) < 4.78 is 0. The molecule has 0 spiro atoms. The summed E-state index contributed by atoms with van der Waals surface area (Å²) in [6.45, 7) is 4.44. The predicted molar refractivity (Wildman–Crippen MR) is 48.2 cm³/mol. The maximum atomic E-state index is 11.0. The van der Waals surface area contributed by atoms with Crippen LogP contribution in [0.4, 0.5) is 0 Å². The van der Waals surface area contributed by atoms with Gasteiger partial charge in [0.05, 0.1) is 0 Å². The van der Waals surface area contributed by atoms with Crippen molar-refractivity contribution in [1.82, 2.24) is 5.32 Å². The highest BCUT2D eigenvalue weighted by Crippen LogP contribution is 1.92. The lowest BCUT2D eigenvalue weighted by Crippen LogP contribution is -2.44. The molecule has 1 N–H and O–H groups in total.